The number of allylic oxidation sites excluding steroid dienone is 1. The maximum atomic E-state index is 10.8. The van der Waals surface area contributed by atoms with E-state index < -0.39 is 4.92 Å². The summed E-state index contributed by atoms with van der Waals surface area (Å²) in [6.45, 7) is 0.771. The lowest BCUT2D eigenvalue weighted by Gasteiger charge is -2.15. The van der Waals surface area contributed by atoms with E-state index in [-0.39, 0.29) is 5.69 Å². The molecule has 0 aromatic heterocycles. The number of anilines is 1. The normalized spacial score (nSPS) is 13.9. The van der Waals surface area contributed by atoms with Crippen molar-refractivity contribution in [1.82, 2.24) is 5.32 Å². The molecule has 0 fully saturated rings. The van der Waals surface area contributed by atoms with Gasteiger partial charge in [-0.1, -0.05) is 11.6 Å². The molecular weight excluding hydrogens is 314 g/mol. The van der Waals surface area contributed by atoms with Gasteiger partial charge in [-0.25, -0.2) is 0 Å². The van der Waals surface area contributed by atoms with Crippen molar-refractivity contribution in [3.8, 4) is 5.75 Å². The highest BCUT2D eigenvalue weighted by molar-refractivity contribution is 7.80. The maximum absolute atomic E-state index is 10.8. The summed E-state index contributed by atoms with van der Waals surface area (Å²) in [6, 6.07) is 4.38. The molecule has 0 spiro atoms. The van der Waals surface area contributed by atoms with E-state index in [0.29, 0.717) is 16.5 Å². The zero-order valence-corrected chi connectivity index (χ0v) is 13.9. The number of methoxy groups -OCH3 is 1. The van der Waals surface area contributed by atoms with Crippen molar-refractivity contribution in [2.75, 3.05) is 19.0 Å². The molecule has 0 unspecified atom stereocenters. The minimum Gasteiger partial charge on any atom is -0.494 e. The first-order valence-corrected chi connectivity index (χ1v) is 8.06. The zero-order valence-electron chi connectivity index (χ0n) is 13.1. The number of nitrogens with one attached hydrogen (secondary N) is 2. The van der Waals surface area contributed by atoms with Crippen molar-refractivity contribution in [3.05, 3.63) is 40.0 Å². The number of rotatable bonds is 6. The van der Waals surface area contributed by atoms with E-state index in [4.69, 9.17) is 17.0 Å². The third-order valence-corrected chi connectivity index (χ3v) is 4.01. The van der Waals surface area contributed by atoms with Crippen LogP contribution in [0.2, 0.25) is 0 Å². The topological polar surface area (TPSA) is 76.4 Å². The molecule has 0 aliphatic heterocycles. The molecule has 1 aliphatic carbocycles. The minimum atomic E-state index is -0.458. The van der Waals surface area contributed by atoms with Crippen LogP contribution in [0.1, 0.15) is 32.1 Å². The van der Waals surface area contributed by atoms with Crippen LogP contribution in [0.25, 0.3) is 0 Å². The number of nitro groups is 1. The van der Waals surface area contributed by atoms with Gasteiger partial charge >= 0.3 is 0 Å². The van der Waals surface area contributed by atoms with E-state index in [1.165, 1.54) is 50.5 Å². The highest BCUT2D eigenvalue weighted by Crippen LogP contribution is 2.28. The molecule has 0 saturated heterocycles. The lowest BCUT2D eigenvalue weighted by atomic mass is 9.97. The summed E-state index contributed by atoms with van der Waals surface area (Å²) < 4.78 is 5.17. The molecule has 0 saturated carbocycles. The highest BCUT2D eigenvalue weighted by atomic mass is 32.1. The van der Waals surface area contributed by atoms with E-state index in [9.17, 15) is 10.1 Å². The monoisotopic (exact) mass is 335 g/mol. The molecule has 2 N–H and O–H groups in total. The lowest BCUT2D eigenvalue weighted by Crippen LogP contribution is -2.29. The van der Waals surface area contributed by atoms with Gasteiger partial charge in [-0.2, -0.15) is 0 Å². The number of thiocarbonyl (C=S) groups is 1. The van der Waals surface area contributed by atoms with Crippen LogP contribution in [-0.4, -0.2) is 23.7 Å². The molecule has 0 atom stereocenters. The Morgan fingerprint density at radius 1 is 1.43 bits per heavy atom. The number of non-ortho nitro benzene ring substituents is 1. The molecule has 7 heteroatoms. The fourth-order valence-corrected chi connectivity index (χ4v) is 2.74. The highest BCUT2D eigenvalue weighted by Gasteiger charge is 2.12. The van der Waals surface area contributed by atoms with Gasteiger partial charge in [-0.3, -0.25) is 10.1 Å². The Balaban J connectivity index is 1.87. The van der Waals surface area contributed by atoms with Gasteiger partial charge in [0, 0.05) is 12.6 Å². The first-order valence-electron chi connectivity index (χ1n) is 7.65. The van der Waals surface area contributed by atoms with Crippen LogP contribution in [0.3, 0.4) is 0 Å². The zero-order chi connectivity index (χ0) is 16.7. The maximum Gasteiger partial charge on any atom is 0.273 e. The minimum absolute atomic E-state index is 0.0180. The van der Waals surface area contributed by atoms with Gasteiger partial charge < -0.3 is 15.4 Å². The standard InChI is InChI=1S/C16H21N3O3S/c1-22-15-11-13(19(20)21)7-8-14(15)18-16(23)17-10-9-12-5-3-2-4-6-12/h5,7-8,11H,2-4,6,9-10H2,1H3,(H2,17,18,23). The second-order valence-corrected chi connectivity index (χ2v) is 5.79. The van der Waals surface area contributed by atoms with E-state index in [0.717, 1.165) is 13.0 Å². The third-order valence-electron chi connectivity index (χ3n) is 3.76. The van der Waals surface area contributed by atoms with Gasteiger partial charge in [0.1, 0.15) is 5.75 Å². The summed E-state index contributed by atoms with van der Waals surface area (Å²) in [5.41, 5.74) is 2.07. The molecule has 1 aliphatic rings. The predicted molar refractivity (Wildman–Crippen MR) is 95.0 cm³/mol. The molecule has 0 heterocycles. The van der Waals surface area contributed by atoms with Gasteiger partial charge in [0.25, 0.3) is 5.69 Å². The summed E-state index contributed by atoms with van der Waals surface area (Å²) in [4.78, 5) is 10.3. The van der Waals surface area contributed by atoms with Gasteiger partial charge in [-0.15, -0.1) is 0 Å². The summed E-state index contributed by atoms with van der Waals surface area (Å²) >= 11 is 5.26. The first-order chi connectivity index (χ1) is 11.1. The largest absolute Gasteiger partial charge is 0.494 e. The molecule has 6 nitrogen and oxygen atoms in total. The lowest BCUT2D eigenvalue weighted by molar-refractivity contribution is -0.384. The van der Waals surface area contributed by atoms with Crippen LogP contribution in [0.4, 0.5) is 11.4 Å². The van der Waals surface area contributed by atoms with Gasteiger partial charge in [0.2, 0.25) is 0 Å². The summed E-state index contributed by atoms with van der Waals surface area (Å²) in [7, 11) is 1.47. The second-order valence-electron chi connectivity index (χ2n) is 5.38. The Morgan fingerprint density at radius 2 is 2.26 bits per heavy atom. The van der Waals surface area contributed by atoms with E-state index in [2.05, 4.69) is 16.7 Å². The molecule has 124 valence electrons. The predicted octanol–water partition coefficient (Wildman–Crippen LogP) is 3.78. The third kappa shape index (κ3) is 5.21. The average molecular weight is 335 g/mol. The Morgan fingerprint density at radius 3 is 2.91 bits per heavy atom. The Bertz CT molecular complexity index is 617. The van der Waals surface area contributed by atoms with Crippen molar-refractivity contribution in [3.63, 3.8) is 0 Å². The van der Waals surface area contributed by atoms with Crippen LogP contribution >= 0.6 is 12.2 Å². The van der Waals surface area contributed by atoms with Gasteiger partial charge in [-0.05, 0) is 50.4 Å². The van der Waals surface area contributed by atoms with Crippen molar-refractivity contribution >= 4 is 28.7 Å². The molecule has 2 rings (SSSR count). The molecule has 23 heavy (non-hydrogen) atoms. The molecule has 1 aromatic carbocycles. The van der Waals surface area contributed by atoms with Crippen molar-refractivity contribution in [2.24, 2.45) is 0 Å². The van der Waals surface area contributed by atoms with Crippen LogP contribution in [0.15, 0.2) is 29.8 Å². The fourth-order valence-electron chi connectivity index (χ4n) is 2.53. The molecule has 0 bridgehead atoms. The summed E-state index contributed by atoms with van der Waals surface area (Å²) in [6.07, 6.45) is 8.22. The molecule has 1 aromatic rings. The van der Waals surface area contributed by atoms with E-state index in [1.54, 1.807) is 6.07 Å². The van der Waals surface area contributed by atoms with E-state index >= 15 is 0 Å². The van der Waals surface area contributed by atoms with Crippen LogP contribution < -0.4 is 15.4 Å². The van der Waals surface area contributed by atoms with Crippen LogP contribution in [0, 0.1) is 10.1 Å². The van der Waals surface area contributed by atoms with E-state index in [1.807, 2.05) is 0 Å². The second kappa shape index (κ2) is 8.47. The quantitative estimate of drug-likeness (QED) is 0.357. The Kier molecular flexibility index (Phi) is 6.34. The Hall–Kier alpha value is -2.15. The fraction of sp³-hybridized carbons (Fsp3) is 0.438. The Labute approximate surface area is 141 Å². The average Bonchev–Trinajstić information content (AvgIpc) is 2.56. The number of benzene rings is 1. The van der Waals surface area contributed by atoms with Gasteiger partial charge in [0.15, 0.2) is 5.11 Å². The molecule has 0 radical (unpaired) electrons. The van der Waals surface area contributed by atoms with Crippen LogP contribution in [-0.2, 0) is 0 Å². The smallest absolute Gasteiger partial charge is 0.273 e. The first kappa shape index (κ1) is 17.2. The van der Waals surface area contributed by atoms with Gasteiger partial charge in [0.05, 0.1) is 23.8 Å². The number of nitro benzene ring substituents is 1. The summed E-state index contributed by atoms with van der Waals surface area (Å²) in [5, 5.41) is 17.4. The van der Waals surface area contributed by atoms with Crippen molar-refractivity contribution < 1.29 is 9.66 Å². The SMILES string of the molecule is COc1cc([N+](=O)[O-])ccc1NC(=S)NCCC1=CCCCC1. The molecular formula is C16H21N3O3S. The van der Waals surface area contributed by atoms with Crippen LogP contribution in [0.5, 0.6) is 5.75 Å². The molecule has 0 amide bonds. The summed E-state index contributed by atoms with van der Waals surface area (Å²) in [5.74, 6) is 0.387. The van der Waals surface area contributed by atoms with Crippen molar-refractivity contribution in [2.45, 2.75) is 32.1 Å². The van der Waals surface area contributed by atoms with Crippen molar-refractivity contribution in [1.29, 1.82) is 0 Å². The number of hydrogen-bond donors (Lipinski definition) is 2. The number of ether oxygens (including phenoxy) is 1. The number of nitrogens with zero attached hydrogens (tertiary/aromatic N) is 1. The number of hydrogen-bond acceptors (Lipinski definition) is 4.